The van der Waals surface area contributed by atoms with Crippen LogP contribution < -0.4 is 9.47 Å². The molecule has 3 heterocycles. The Hall–Kier alpha value is -2.66. The molecule has 0 N–H and O–H groups in total. The number of pyridine rings is 3. The second-order valence-corrected chi connectivity index (χ2v) is 6.31. The van der Waals surface area contributed by atoms with Gasteiger partial charge < -0.3 is 9.47 Å². The van der Waals surface area contributed by atoms with Crippen LogP contribution in [0.15, 0.2) is 48.8 Å². The third-order valence-corrected chi connectivity index (χ3v) is 4.63. The molecular weight excluding hydrogens is 362 g/mol. The summed E-state index contributed by atoms with van der Waals surface area (Å²) in [5, 5.41) is 0. The molecular formula is C21H22ClN3O2. The van der Waals surface area contributed by atoms with Crippen molar-refractivity contribution in [3.05, 3.63) is 65.7 Å². The van der Waals surface area contributed by atoms with Gasteiger partial charge in [-0.2, -0.15) is 0 Å². The molecule has 140 valence electrons. The highest BCUT2D eigenvalue weighted by molar-refractivity contribution is 5.85. The predicted molar refractivity (Wildman–Crippen MR) is 106 cm³/mol. The van der Waals surface area contributed by atoms with Crippen LogP contribution in [0.1, 0.15) is 29.8 Å². The number of hydrogen-bond donors (Lipinski definition) is 0. The summed E-state index contributed by atoms with van der Waals surface area (Å²) < 4.78 is 11.4. The number of nitrogens with zero attached hydrogens (tertiary/aromatic N) is 3. The Balaban J connectivity index is 0.00000210. The molecule has 0 aliphatic heterocycles. The first-order valence-corrected chi connectivity index (χ1v) is 8.90. The van der Waals surface area contributed by atoms with Crippen molar-refractivity contribution < 1.29 is 9.47 Å². The summed E-state index contributed by atoms with van der Waals surface area (Å²) in [5.74, 6) is 1.25. The number of fused-ring (bicyclic) bond motifs is 1. The second kappa shape index (κ2) is 8.82. The topological polar surface area (TPSA) is 57.1 Å². The van der Waals surface area contributed by atoms with Crippen LogP contribution in [-0.2, 0) is 19.4 Å². The highest BCUT2D eigenvalue weighted by Crippen LogP contribution is 2.37. The van der Waals surface area contributed by atoms with Gasteiger partial charge >= 0.3 is 0 Å². The van der Waals surface area contributed by atoms with Crippen LogP contribution >= 0.6 is 12.4 Å². The SMILES string of the molecule is COc1ncccc1-c1cc(OCc2ccccn2)nc2c1CCCC2.Cl. The molecule has 0 saturated heterocycles. The Bertz CT molecular complexity index is 903. The lowest BCUT2D eigenvalue weighted by atomic mass is 9.89. The Morgan fingerprint density at radius 3 is 2.63 bits per heavy atom. The largest absolute Gasteiger partial charge is 0.481 e. The van der Waals surface area contributed by atoms with E-state index in [4.69, 9.17) is 14.5 Å². The van der Waals surface area contributed by atoms with Gasteiger partial charge in [-0.25, -0.2) is 9.97 Å². The van der Waals surface area contributed by atoms with Crippen molar-refractivity contribution in [3.8, 4) is 22.9 Å². The number of rotatable bonds is 5. The molecule has 6 heteroatoms. The van der Waals surface area contributed by atoms with E-state index >= 15 is 0 Å². The average molecular weight is 384 g/mol. The lowest BCUT2D eigenvalue weighted by molar-refractivity contribution is 0.288. The van der Waals surface area contributed by atoms with Crippen molar-refractivity contribution in [2.24, 2.45) is 0 Å². The zero-order valence-corrected chi connectivity index (χ0v) is 16.0. The summed E-state index contributed by atoms with van der Waals surface area (Å²) in [4.78, 5) is 13.4. The molecule has 0 radical (unpaired) electrons. The fourth-order valence-corrected chi connectivity index (χ4v) is 3.38. The second-order valence-electron chi connectivity index (χ2n) is 6.31. The van der Waals surface area contributed by atoms with E-state index in [0.29, 0.717) is 18.4 Å². The van der Waals surface area contributed by atoms with Crippen molar-refractivity contribution in [2.45, 2.75) is 32.3 Å². The molecule has 27 heavy (non-hydrogen) atoms. The molecule has 0 amide bonds. The van der Waals surface area contributed by atoms with Gasteiger partial charge in [0, 0.05) is 29.7 Å². The number of ether oxygens (including phenoxy) is 2. The first-order valence-electron chi connectivity index (χ1n) is 8.90. The van der Waals surface area contributed by atoms with Crippen LogP contribution in [0.3, 0.4) is 0 Å². The standard InChI is InChI=1S/C21H21N3O2.ClH/c1-25-21-17(9-6-12-23-21)18-13-20(24-19-10-3-2-8-16(18)19)26-14-15-7-4-5-11-22-15;/h4-7,9,11-13H,2-3,8,10,14H2,1H3;1H. The molecule has 0 atom stereocenters. The predicted octanol–water partition coefficient (Wildman–Crippen LogP) is 4.43. The summed E-state index contributed by atoms with van der Waals surface area (Å²) in [7, 11) is 1.65. The van der Waals surface area contributed by atoms with Gasteiger partial charge in [-0.15, -0.1) is 12.4 Å². The summed E-state index contributed by atoms with van der Waals surface area (Å²) in [6, 6.07) is 11.8. The monoisotopic (exact) mass is 383 g/mol. The average Bonchev–Trinajstić information content (AvgIpc) is 2.72. The van der Waals surface area contributed by atoms with Gasteiger partial charge in [0.25, 0.3) is 0 Å². The zero-order valence-electron chi connectivity index (χ0n) is 15.2. The maximum absolute atomic E-state index is 5.96. The minimum Gasteiger partial charge on any atom is -0.481 e. The maximum atomic E-state index is 5.96. The van der Waals surface area contributed by atoms with Gasteiger partial charge in [-0.3, -0.25) is 4.98 Å². The van der Waals surface area contributed by atoms with E-state index in [1.807, 2.05) is 36.4 Å². The number of methoxy groups -OCH3 is 1. The van der Waals surface area contributed by atoms with Gasteiger partial charge in [-0.05, 0) is 61.1 Å². The normalized spacial score (nSPS) is 12.6. The highest BCUT2D eigenvalue weighted by atomic mass is 35.5. The molecule has 4 rings (SSSR count). The van der Waals surface area contributed by atoms with E-state index in [1.54, 1.807) is 19.5 Å². The minimum absolute atomic E-state index is 0. The minimum atomic E-state index is 0. The van der Waals surface area contributed by atoms with Crippen LogP contribution in [0.2, 0.25) is 0 Å². The lowest BCUT2D eigenvalue weighted by Gasteiger charge is -2.21. The van der Waals surface area contributed by atoms with Crippen molar-refractivity contribution >= 4 is 12.4 Å². The van der Waals surface area contributed by atoms with Crippen molar-refractivity contribution in [3.63, 3.8) is 0 Å². The molecule has 0 unspecified atom stereocenters. The van der Waals surface area contributed by atoms with Crippen LogP contribution in [-0.4, -0.2) is 22.1 Å². The molecule has 0 saturated carbocycles. The van der Waals surface area contributed by atoms with Gasteiger partial charge in [0.05, 0.1) is 12.8 Å². The zero-order chi connectivity index (χ0) is 17.8. The first kappa shape index (κ1) is 19.1. The maximum Gasteiger partial charge on any atom is 0.221 e. The fourth-order valence-electron chi connectivity index (χ4n) is 3.38. The first-order chi connectivity index (χ1) is 12.8. The van der Waals surface area contributed by atoms with Crippen molar-refractivity contribution in [2.75, 3.05) is 7.11 Å². The van der Waals surface area contributed by atoms with Crippen molar-refractivity contribution in [1.82, 2.24) is 15.0 Å². The fraction of sp³-hybridized carbons (Fsp3) is 0.286. The number of aryl methyl sites for hydroxylation is 1. The molecule has 0 fully saturated rings. The van der Waals surface area contributed by atoms with Gasteiger partial charge in [0.1, 0.15) is 6.61 Å². The summed E-state index contributed by atoms with van der Waals surface area (Å²) >= 11 is 0. The van der Waals surface area contributed by atoms with Gasteiger partial charge in [0.15, 0.2) is 0 Å². The third kappa shape index (κ3) is 4.19. The quantitative estimate of drug-likeness (QED) is 0.652. The van der Waals surface area contributed by atoms with E-state index < -0.39 is 0 Å². The Morgan fingerprint density at radius 1 is 0.963 bits per heavy atom. The molecule has 0 aromatic carbocycles. The summed E-state index contributed by atoms with van der Waals surface area (Å²) in [6.07, 6.45) is 7.85. The third-order valence-electron chi connectivity index (χ3n) is 4.63. The molecule has 0 spiro atoms. The smallest absolute Gasteiger partial charge is 0.221 e. The number of aromatic nitrogens is 3. The molecule has 5 nitrogen and oxygen atoms in total. The number of hydrogen-bond acceptors (Lipinski definition) is 5. The Morgan fingerprint density at radius 2 is 1.81 bits per heavy atom. The van der Waals surface area contributed by atoms with E-state index in [-0.39, 0.29) is 12.4 Å². The highest BCUT2D eigenvalue weighted by Gasteiger charge is 2.20. The van der Waals surface area contributed by atoms with Crippen LogP contribution in [0.5, 0.6) is 11.8 Å². The van der Waals surface area contributed by atoms with Crippen LogP contribution in [0.25, 0.3) is 11.1 Å². The lowest BCUT2D eigenvalue weighted by Crippen LogP contribution is -2.10. The molecule has 0 bridgehead atoms. The van der Waals surface area contributed by atoms with E-state index in [1.165, 1.54) is 12.0 Å². The van der Waals surface area contributed by atoms with Crippen LogP contribution in [0, 0.1) is 0 Å². The molecule has 1 aliphatic rings. The van der Waals surface area contributed by atoms with E-state index in [9.17, 15) is 0 Å². The Kier molecular flexibility index (Phi) is 6.24. The molecule has 3 aromatic rings. The molecule has 3 aromatic heterocycles. The van der Waals surface area contributed by atoms with Crippen LogP contribution in [0.4, 0.5) is 0 Å². The van der Waals surface area contributed by atoms with E-state index in [0.717, 1.165) is 41.8 Å². The Labute approximate surface area is 165 Å². The molecule has 1 aliphatic carbocycles. The van der Waals surface area contributed by atoms with E-state index in [2.05, 4.69) is 9.97 Å². The summed E-state index contributed by atoms with van der Waals surface area (Å²) in [6.45, 7) is 0.399. The number of halogens is 1. The van der Waals surface area contributed by atoms with Crippen molar-refractivity contribution in [1.29, 1.82) is 0 Å². The van der Waals surface area contributed by atoms with Gasteiger partial charge in [0.2, 0.25) is 11.8 Å². The van der Waals surface area contributed by atoms with Gasteiger partial charge in [-0.1, -0.05) is 6.07 Å². The summed E-state index contributed by atoms with van der Waals surface area (Å²) in [5.41, 5.74) is 5.38.